The second-order valence-corrected chi connectivity index (χ2v) is 6.24. The van der Waals surface area contributed by atoms with Crippen LogP contribution in [0.2, 0.25) is 0 Å². The zero-order chi connectivity index (χ0) is 17.5. The van der Waals surface area contributed by atoms with Crippen LogP contribution in [0.1, 0.15) is 18.5 Å². The first-order valence-corrected chi connectivity index (χ1v) is 8.45. The SMILES string of the molecule is CC(NC(=O)CNC(=O)CN(C)c1ccsc1)c1ccc(F)cc1. The molecule has 0 aliphatic heterocycles. The molecular weight excluding hydrogens is 329 g/mol. The molecule has 2 N–H and O–H groups in total. The smallest absolute Gasteiger partial charge is 0.239 e. The van der Waals surface area contributed by atoms with Crippen LogP contribution in [0.5, 0.6) is 0 Å². The van der Waals surface area contributed by atoms with Crippen LogP contribution in [-0.2, 0) is 9.59 Å². The highest BCUT2D eigenvalue weighted by molar-refractivity contribution is 7.08. The molecule has 1 atom stereocenters. The maximum Gasteiger partial charge on any atom is 0.239 e. The van der Waals surface area contributed by atoms with Gasteiger partial charge in [-0.2, -0.15) is 11.3 Å². The van der Waals surface area contributed by atoms with Gasteiger partial charge in [0.1, 0.15) is 5.82 Å². The predicted octanol–water partition coefficient (Wildman–Crippen LogP) is 2.32. The Balaban J connectivity index is 1.74. The number of hydrogen-bond donors (Lipinski definition) is 2. The monoisotopic (exact) mass is 349 g/mol. The number of amides is 2. The fraction of sp³-hybridized carbons (Fsp3) is 0.294. The first kappa shape index (κ1) is 17.9. The van der Waals surface area contributed by atoms with Crippen molar-refractivity contribution in [3.8, 4) is 0 Å². The number of thiophene rings is 1. The lowest BCUT2D eigenvalue weighted by Crippen LogP contribution is -2.41. The number of halogens is 1. The number of rotatable bonds is 7. The van der Waals surface area contributed by atoms with Gasteiger partial charge in [0.2, 0.25) is 11.8 Å². The lowest BCUT2D eigenvalue weighted by atomic mass is 10.1. The Morgan fingerprint density at radius 3 is 2.54 bits per heavy atom. The van der Waals surface area contributed by atoms with Gasteiger partial charge in [0.15, 0.2) is 0 Å². The van der Waals surface area contributed by atoms with Crippen LogP contribution >= 0.6 is 11.3 Å². The molecule has 0 radical (unpaired) electrons. The molecule has 1 aromatic carbocycles. The maximum atomic E-state index is 12.9. The third kappa shape index (κ3) is 5.34. The molecule has 0 aliphatic rings. The second kappa shape index (κ2) is 8.44. The minimum atomic E-state index is -0.320. The van der Waals surface area contributed by atoms with Gasteiger partial charge in [0, 0.05) is 18.1 Å². The first-order valence-electron chi connectivity index (χ1n) is 7.50. The van der Waals surface area contributed by atoms with Crippen LogP contribution in [0.3, 0.4) is 0 Å². The van der Waals surface area contributed by atoms with E-state index in [1.54, 1.807) is 30.4 Å². The van der Waals surface area contributed by atoms with Crippen LogP contribution in [0.25, 0.3) is 0 Å². The van der Waals surface area contributed by atoms with Gasteiger partial charge in [-0.1, -0.05) is 12.1 Å². The number of benzene rings is 1. The average Bonchev–Trinajstić information content (AvgIpc) is 3.08. The Morgan fingerprint density at radius 2 is 1.92 bits per heavy atom. The molecule has 5 nitrogen and oxygen atoms in total. The fourth-order valence-electron chi connectivity index (χ4n) is 2.14. The van der Waals surface area contributed by atoms with Crippen LogP contribution < -0.4 is 15.5 Å². The summed E-state index contributed by atoms with van der Waals surface area (Å²) in [7, 11) is 1.82. The summed E-state index contributed by atoms with van der Waals surface area (Å²) in [4.78, 5) is 25.6. The zero-order valence-corrected chi connectivity index (χ0v) is 14.4. The van der Waals surface area contributed by atoms with E-state index >= 15 is 0 Å². The molecule has 2 aromatic rings. The van der Waals surface area contributed by atoms with Crippen LogP contribution in [0, 0.1) is 5.82 Å². The van der Waals surface area contributed by atoms with E-state index in [-0.39, 0.29) is 36.8 Å². The van der Waals surface area contributed by atoms with Crippen molar-refractivity contribution in [1.29, 1.82) is 0 Å². The molecular formula is C17H20FN3O2S. The van der Waals surface area contributed by atoms with E-state index in [1.807, 2.05) is 28.8 Å². The van der Waals surface area contributed by atoms with Gasteiger partial charge in [-0.05, 0) is 36.1 Å². The molecule has 0 bridgehead atoms. The molecule has 128 valence electrons. The van der Waals surface area contributed by atoms with Gasteiger partial charge in [0.05, 0.1) is 19.1 Å². The Morgan fingerprint density at radius 1 is 1.21 bits per heavy atom. The van der Waals surface area contributed by atoms with E-state index in [2.05, 4.69) is 10.6 Å². The molecule has 1 aromatic heterocycles. The number of nitrogens with one attached hydrogen (secondary N) is 2. The molecule has 2 rings (SSSR count). The third-order valence-electron chi connectivity index (χ3n) is 3.52. The minimum Gasteiger partial charge on any atom is -0.365 e. The van der Waals surface area contributed by atoms with Crippen molar-refractivity contribution < 1.29 is 14.0 Å². The quantitative estimate of drug-likeness (QED) is 0.806. The highest BCUT2D eigenvalue weighted by Gasteiger charge is 2.12. The summed E-state index contributed by atoms with van der Waals surface area (Å²) in [6, 6.07) is 7.60. The Labute approximate surface area is 144 Å². The number of carbonyl (C=O) groups is 2. The number of nitrogens with zero attached hydrogens (tertiary/aromatic N) is 1. The molecule has 7 heteroatoms. The Bertz CT molecular complexity index is 674. The highest BCUT2D eigenvalue weighted by atomic mass is 32.1. The predicted molar refractivity (Wildman–Crippen MR) is 93.6 cm³/mol. The van der Waals surface area contributed by atoms with Crippen molar-refractivity contribution in [3.05, 3.63) is 52.5 Å². The van der Waals surface area contributed by atoms with Crippen LogP contribution in [0.15, 0.2) is 41.1 Å². The van der Waals surface area contributed by atoms with Gasteiger partial charge >= 0.3 is 0 Å². The van der Waals surface area contributed by atoms with Gasteiger partial charge in [-0.15, -0.1) is 0 Å². The van der Waals surface area contributed by atoms with E-state index in [1.165, 1.54) is 12.1 Å². The normalized spacial score (nSPS) is 11.6. The number of anilines is 1. The second-order valence-electron chi connectivity index (χ2n) is 5.46. The molecule has 1 heterocycles. The fourth-order valence-corrected chi connectivity index (χ4v) is 2.84. The minimum absolute atomic E-state index is 0.0954. The molecule has 2 amide bonds. The van der Waals surface area contributed by atoms with Crippen molar-refractivity contribution in [2.24, 2.45) is 0 Å². The number of hydrogen-bond acceptors (Lipinski definition) is 4. The van der Waals surface area contributed by atoms with Crippen molar-refractivity contribution in [3.63, 3.8) is 0 Å². The lowest BCUT2D eigenvalue weighted by molar-refractivity contribution is -0.125. The Kier molecular flexibility index (Phi) is 6.31. The van der Waals surface area contributed by atoms with Crippen molar-refractivity contribution in [1.82, 2.24) is 10.6 Å². The van der Waals surface area contributed by atoms with Crippen molar-refractivity contribution in [2.45, 2.75) is 13.0 Å². The highest BCUT2D eigenvalue weighted by Crippen LogP contribution is 2.15. The zero-order valence-electron chi connectivity index (χ0n) is 13.6. The standard InChI is InChI=1S/C17H20FN3O2S/c1-12(13-3-5-14(18)6-4-13)20-16(22)9-19-17(23)10-21(2)15-7-8-24-11-15/h3-8,11-12H,9-10H2,1-2H3,(H,19,23)(H,20,22). The molecule has 0 aliphatic carbocycles. The summed E-state index contributed by atoms with van der Waals surface area (Å²) >= 11 is 1.56. The first-order chi connectivity index (χ1) is 11.5. The summed E-state index contributed by atoms with van der Waals surface area (Å²) in [6.45, 7) is 1.89. The summed E-state index contributed by atoms with van der Waals surface area (Å²) in [5, 5.41) is 9.24. The average molecular weight is 349 g/mol. The van der Waals surface area contributed by atoms with Gasteiger partial charge in [-0.25, -0.2) is 4.39 Å². The molecule has 1 unspecified atom stereocenters. The van der Waals surface area contributed by atoms with Crippen molar-refractivity contribution in [2.75, 3.05) is 25.0 Å². The van der Waals surface area contributed by atoms with Gasteiger partial charge in [-0.3, -0.25) is 9.59 Å². The molecule has 0 saturated carbocycles. The van der Waals surface area contributed by atoms with Gasteiger partial charge < -0.3 is 15.5 Å². The summed E-state index contributed by atoms with van der Waals surface area (Å²) in [5.74, 6) is -0.842. The molecule has 0 spiro atoms. The van der Waals surface area contributed by atoms with Gasteiger partial charge in [0.25, 0.3) is 0 Å². The Hall–Kier alpha value is -2.41. The van der Waals surface area contributed by atoms with Crippen LogP contribution in [0.4, 0.5) is 10.1 Å². The number of carbonyl (C=O) groups excluding carboxylic acids is 2. The molecule has 0 fully saturated rings. The molecule has 24 heavy (non-hydrogen) atoms. The van der Waals surface area contributed by atoms with E-state index in [4.69, 9.17) is 0 Å². The summed E-state index contributed by atoms with van der Waals surface area (Å²) in [6.07, 6.45) is 0. The van der Waals surface area contributed by atoms with Crippen molar-refractivity contribution >= 4 is 28.8 Å². The van der Waals surface area contributed by atoms with Crippen LogP contribution in [-0.4, -0.2) is 32.0 Å². The largest absolute Gasteiger partial charge is 0.365 e. The van der Waals surface area contributed by atoms with E-state index in [0.29, 0.717) is 0 Å². The van der Waals surface area contributed by atoms with E-state index < -0.39 is 0 Å². The maximum absolute atomic E-state index is 12.9. The van der Waals surface area contributed by atoms with E-state index in [0.717, 1.165) is 11.3 Å². The number of likely N-dealkylation sites (N-methyl/N-ethyl adjacent to an activating group) is 1. The van der Waals surface area contributed by atoms with E-state index in [9.17, 15) is 14.0 Å². The lowest BCUT2D eigenvalue weighted by Gasteiger charge is -2.18. The summed E-state index contributed by atoms with van der Waals surface area (Å²) in [5.41, 5.74) is 1.76. The topological polar surface area (TPSA) is 61.4 Å². The summed E-state index contributed by atoms with van der Waals surface area (Å²) < 4.78 is 12.9. The third-order valence-corrected chi connectivity index (χ3v) is 4.19. The molecule has 0 saturated heterocycles.